The summed E-state index contributed by atoms with van der Waals surface area (Å²) in [4.78, 5) is 27.4. The lowest BCUT2D eigenvalue weighted by Gasteiger charge is -2.06. The number of rotatable bonds is 5. The third kappa shape index (κ3) is 5.28. The quantitative estimate of drug-likeness (QED) is 0.485. The van der Waals surface area contributed by atoms with Gasteiger partial charge in [-0.2, -0.15) is 0 Å². The van der Waals surface area contributed by atoms with E-state index in [0.717, 1.165) is 11.1 Å². The van der Waals surface area contributed by atoms with E-state index >= 15 is 0 Å². The van der Waals surface area contributed by atoms with Gasteiger partial charge in [0.25, 0.3) is 0 Å². The third-order valence-corrected chi connectivity index (χ3v) is 4.07. The maximum Gasteiger partial charge on any atom is 0.345 e. The molecule has 0 spiro atoms. The van der Waals surface area contributed by atoms with Crippen LogP contribution in [0.15, 0.2) is 66.9 Å². The Morgan fingerprint density at radius 2 is 1.71 bits per heavy atom. The second kappa shape index (κ2) is 8.97. The molecule has 0 atom stereocenters. The van der Waals surface area contributed by atoms with Crippen LogP contribution < -0.4 is 10.1 Å². The van der Waals surface area contributed by atoms with Gasteiger partial charge in [-0.25, -0.2) is 9.78 Å². The zero-order chi connectivity index (χ0) is 19.9. The number of anilines is 1. The lowest BCUT2D eigenvalue weighted by atomic mass is 10.1. The van der Waals surface area contributed by atoms with Crippen LogP contribution in [0, 0.1) is 0 Å². The largest absolute Gasteiger partial charge is 0.423 e. The molecule has 3 aromatic rings. The lowest BCUT2D eigenvalue weighted by Crippen LogP contribution is -2.08. The van der Waals surface area contributed by atoms with Crippen LogP contribution in [0.1, 0.15) is 28.4 Å². The summed E-state index contributed by atoms with van der Waals surface area (Å²) in [5.74, 6) is 0.252. The van der Waals surface area contributed by atoms with E-state index < -0.39 is 5.97 Å². The molecule has 5 nitrogen and oxygen atoms in total. The molecule has 2 aromatic carbocycles. The van der Waals surface area contributed by atoms with Gasteiger partial charge in [0, 0.05) is 13.1 Å². The third-order valence-electron chi connectivity index (χ3n) is 3.74. The Morgan fingerprint density at radius 1 is 1.00 bits per heavy atom. The van der Waals surface area contributed by atoms with E-state index in [1.165, 1.54) is 6.92 Å². The summed E-state index contributed by atoms with van der Waals surface area (Å²) >= 11 is 6.01. The number of ether oxygens (including phenoxy) is 1. The molecule has 0 saturated carbocycles. The van der Waals surface area contributed by atoms with Crippen molar-refractivity contribution in [1.29, 1.82) is 0 Å². The minimum absolute atomic E-state index is 0.171. The average molecular weight is 393 g/mol. The molecule has 1 aromatic heterocycles. The SMILES string of the molecule is CC(=O)Nc1cc(/C=C/c2ccc(OC(=O)c3ccccc3Cl)cc2)ccn1. The average Bonchev–Trinajstić information content (AvgIpc) is 2.67. The Kier molecular flexibility index (Phi) is 6.19. The van der Waals surface area contributed by atoms with Crippen LogP contribution >= 0.6 is 11.6 Å². The van der Waals surface area contributed by atoms with Crippen molar-refractivity contribution in [2.45, 2.75) is 6.92 Å². The fraction of sp³-hybridized carbons (Fsp3) is 0.0455. The standard InChI is InChI=1S/C22H17ClN2O3/c1-15(26)25-21-14-17(12-13-24-21)7-6-16-8-10-18(11-9-16)28-22(27)19-4-2-3-5-20(19)23/h2-14H,1H3,(H,24,25,26)/b7-6+. The maximum absolute atomic E-state index is 12.2. The first-order chi connectivity index (χ1) is 13.5. The zero-order valence-corrected chi connectivity index (χ0v) is 15.8. The van der Waals surface area contributed by atoms with Gasteiger partial charge >= 0.3 is 5.97 Å². The first-order valence-electron chi connectivity index (χ1n) is 8.50. The van der Waals surface area contributed by atoms with Gasteiger partial charge in [0.15, 0.2) is 0 Å². The van der Waals surface area contributed by atoms with Gasteiger partial charge in [-0.05, 0) is 47.5 Å². The number of hydrogen-bond acceptors (Lipinski definition) is 4. The number of nitrogens with one attached hydrogen (secondary N) is 1. The van der Waals surface area contributed by atoms with E-state index in [4.69, 9.17) is 16.3 Å². The first kappa shape index (κ1) is 19.3. The normalized spacial score (nSPS) is 10.6. The Morgan fingerprint density at radius 3 is 2.43 bits per heavy atom. The summed E-state index contributed by atoms with van der Waals surface area (Å²) in [7, 11) is 0. The van der Waals surface area contributed by atoms with Crippen molar-refractivity contribution >= 4 is 41.4 Å². The monoisotopic (exact) mass is 392 g/mol. The fourth-order valence-corrected chi connectivity index (χ4v) is 2.64. The molecule has 0 saturated heterocycles. The first-order valence-corrected chi connectivity index (χ1v) is 8.87. The maximum atomic E-state index is 12.2. The number of aromatic nitrogens is 1. The summed E-state index contributed by atoms with van der Waals surface area (Å²) in [6.45, 7) is 1.43. The Bertz CT molecular complexity index is 1030. The molecule has 0 radical (unpaired) electrons. The van der Waals surface area contributed by atoms with E-state index in [1.807, 2.05) is 30.4 Å². The van der Waals surface area contributed by atoms with Gasteiger partial charge in [0.1, 0.15) is 11.6 Å². The molecule has 0 aliphatic heterocycles. The number of amides is 1. The molecule has 0 aliphatic carbocycles. The van der Waals surface area contributed by atoms with Crippen molar-refractivity contribution in [2.24, 2.45) is 0 Å². The molecule has 1 heterocycles. The molecule has 1 N–H and O–H groups in total. The molecule has 3 rings (SSSR count). The molecule has 0 fully saturated rings. The van der Waals surface area contributed by atoms with Crippen molar-refractivity contribution in [3.05, 3.63) is 88.6 Å². The molecule has 0 aliphatic rings. The van der Waals surface area contributed by atoms with Crippen LogP contribution in [0.2, 0.25) is 5.02 Å². The Labute approximate surface area is 167 Å². The highest BCUT2D eigenvalue weighted by Gasteiger charge is 2.11. The van der Waals surface area contributed by atoms with Crippen molar-refractivity contribution in [2.75, 3.05) is 5.32 Å². The number of carbonyl (C=O) groups is 2. The molecular weight excluding hydrogens is 376 g/mol. The van der Waals surface area contributed by atoms with Gasteiger partial charge in [0.2, 0.25) is 5.91 Å². The van der Waals surface area contributed by atoms with Crippen LogP contribution in [0.5, 0.6) is 5.75 Å². The summed E-state index contributed by atoms with van der Waals surface area (Å²) in [6.07, 6.45) is 5.44. The van der Waals surface area contributed by atoms with Gasteiger partial charge in [0.05, 0.1) is 10.6 Å². The molecule has 0 bridgehead atoms. The molecule has 6 heteroatoms. The van der Waals surface area contributed by atoms with Crippen LogP contribution in [0.25, 0.3) is 12.2 Å². The highest BCUT2D eigenvalue weighted by molar-refractivity contribution is 6.33. The molecule has 0 unspecified atom stereocenters. The van der Waals surface area contributed by atoms with Crippen LogP contribution in [0.3, 0.4) is 0 Å². The van der Waals surface area contributed by atoms with Gasteiger partial charge < -0.3 is 10.1 Å². The number of hydrogen-bond donors (Lipinski definition) is 1. The van der Waals surface area contributed by atoms with Crippen LogP contribution in [-0.4, -0.2) is 16.9 Å². The van der Waals surface area contributed by atoms with Crippen molar-refractivity contribution in [1.82, 2.24) is 4.98 Å². The van der Waals surface area contributed by atoms with E-state index in [9.17, 15) is 9.59 Å². The van der Waals surface area contributed by atoms with E-state index in [1.54, 1.807) is 48.7 Å². The summed E-state index contributed by atoms with van der Waals surface area (Å²) in [5, 5.41) is 2.99. The Hall–Kier alpha value is -3.44. The number of esters is 1. The predicted molar refractivity (Wildman–Crippen MR) is 110 cm³/mol. The van der Waals surface area contributed by atoms with Crippen LogP contribution in [0.4, 0.5) is 5.82 Å². The van der Waals surface area contributed by atoms with Gasteiger partial charge in [-0.15, -0.1) is 0 Å². The molecule has 140 valence electrons. The predicted octanol–water partition coefficient (Wildman–Crippen LogP) is 5.08. The van der Waals surface area contributed by atoms with Crippen molar-refractivity contribution < 1.29 is 14.3 Å². The molecule has 28 heavy (non-hydrogen) atoms. The number of benzene rings is 2. The van der Waals surface area contributed by atoms with Gasteiger partial charge in [-0.3, -0.25) is 4.79 Å². The Balaban J connectivity index is 1.66. The summed E-state index contributed by atoms with van der Waals surface area (Å²) < 4.78 is 5.36. The van der Waals surface area contributed by atoms with E-state index in [0.29, 0.717) is 22.2 Å². The second-order valence-corrected chi connectivity index (χ2v) is 6.33. The van der Waals surface area contributed by atoms with Crippen LogP contribution in [-0.2, 0) is 4.79 Å². The summed E-state index contributed by atoms with van der Waals surface area (Å²) in [6, 6.07) is 17.4. The number of carbonyl (C=O) groups excluding carboxylic acids is 2. The minimum Gasteiger partial charge on any atom is -0.423 e. The smallest absolute Gasteiger partial charge is 0.345 e. The summed E-state index contributed by atoms with van der Waals surface area (Å²) in [5.41, 5.74) is 2.14. The van der Waals surface area contributed by atoms with E-state index in [-0.39, 0.29) is 5.91 Å². The van der Waals surface area contributed by atoms with E-state index in [2.05, 4.69) is 10.3 Å². The topological polar surface area (TPSA) is 68.3 Å². The highest BCUT2D eigenvalue weighted by Crippen LogP contribution is 2.20. The molecule has 1 amide bonds. The fourth-order valence-electron chi connectivity index (χ4n) is 2.43. The number of pyridine rings is 1. The van der Waals surface area contributed by atoms with Crippen molar-refractivity contribution in [3.63, 3.8) is 0 Å². The zero-order valence-electron chi connectivity index (χ0n) is 15.1. The second-order valence-electron chi connectivity index (χ2n) is 5.93. The minimum atomic E-state index is -0.504. The number of nitrogens with zero attached hydrogens (tertiary/aromatic N) is 1. The van der Waals surface area contributed by atoms with Crippen molar-refractivity contribution in [3.8, 4) is 5.75 Å². The highest BCUT2D eigenvalue weighted by atomic mass is 35.5. The number of halogens is 1. The molecular formula is C22H17ClN2O3. The lowest BCUT2D eigenvalue weighted by molar-refractivity contribution is -0.114. The van der Waals surface area contributed by atoms with Gasteiger partial charge in [-0.1, -0.05) is 48.0 Å².